The summed E-state index contributed by atoms with van der Waals surface area (Å²) < 4.78 is 10.1. The summed E-state index contributed by atoms with van der Waals surface area (Å²) in [4.78, 5) is 50.7. The van der Waals surface area contributed by atoms with E-state index in [0.717, 1.165) is 35.5 Å². The van der Waals surface area contributed by atoms with Crippen molar-refractivity contribution >= 4 is 23.8 Å². The minimum absolute atomic E-state index is 0.186. The molecule has 35 heavy (non-hydrogen) atoms. The number of ether oxygens (including phenoxy) is 2. The van der Waals surface area contributed by atoms with Gasteiger partial charge in [-0.15, -0.1) is 0 Å². The normalized spacial score (nSPS) is 22.2. The van der Waals surface area contributed by atoms with Gasteiger partial charge >= 0.3 is 12.0 Å². The van der Waals surface area contributed by atoms with Crippen LogP contribution in [-0.4, -0.2) is 61.1 Å². The van der Waals surface area contributed by atoms with Crippen LogP contribution < -0.4 is 15.4 Å². The second-order valence-electron chi connectivity index (χ2n) is 10.1. The molecule has 2 N–H and O–H groups in total. The second kappa shape index (κ2) is 11.1. The molecule has 1 saturated carbocycles. The fourth-order valence-corrected chi connectivity index (χ4v) is 4.85. The van der Waals surface area contributed by atoms with E-state index in [2.05, 4.69) is 31.4 Å². The summed E-state index contributed by atoms with van der Waals surface area (Å²) in [7, 11) is 1.60. The molecule has 9 heteroatoms. The fourth-order valence-electron chi connectivity index (χ4n) is 4.85. The van der Waals surface area contributed by atoms with Gasteiger partial charge in [-0.2, -0.15) is 0 Å². The molecule has 1 saturated heterocycles. The van der Waals surface area contributed by atoms with Crippen molar-refractivity contribution < 1.29 is 28.7 Å². The van der Waals surface area contributed by atoms with Crippen LogP contribution in [0.15, 0.2) is 24.3 Å². The number of hydrogen-bond acceptors (Lipinski definition) is 6. The van der Waals surface area contributed by atoms with Crippen LogP contribution in [0.25, 0.3) is 0 Å². The highest BCUT2D eigenvalue weighted by Crippen LogP contribution is 2.45. The number of carbonyl (C=O) groups is 4. The maximum atomic E-state index is 13.1. The molecule has 0 aromatic heterocycles. The summed E-state index contributed by atoms with van der Waals surface area (Å²) in [6.45, 7) is 6.06. The lowest BCUT2D eigenvalue weighted by Crippen LogP contribution is -2.51. The van der Waals surface area contributed by atoms with Gasteiger partial charge in [0.15, 0.2) is 6.61 Å². The summed E-state index contributed by atoms with van der Waals surface area (Å²) in [5.41, 5.74) is 0.283. The average molecular weight is 488 g/mol. The van der Waals surface area contributed by atoms with Gasteiger partial charge in [-0.05, 0) is 61.1 Å². The molecule has 192 valence electrons. The lowest BCUT2D eigenvalue weighted by molar-refractivity contribution is -0.151. The van der Waals surface area contributed by atoms with Gasteiger partial charge in [0.25, 0.3) is 11.8 Å². The summed E-state index contributed by atoms with van der Waals surface area (Å²) in [6, 6.07) is 6.93. The molecule has 1 heterocycles. The molecule has 0 bridgehead atoms. The van der Waals surface area contributed by atoms with E-state index >= 15 is 0 Å². The highest BCUT2D eigenvalue weighted by molar-refractivity contribution is 6.08. The van der Waals surface area contributed by atoms with E-state index in [4.69, 9.17) is 9.47 Å². The topological polar surface area (TPSA) is 114 Å². The minimum atomic E-state index is -0.934. The van der Waals surface area contributed by atoms with Crippen molar-refractivity contribution in [2.75, 3.05) is 26.8 Å². The molecular formula is C26H37N3O6. The van der Waals surface area contributed by atoms with Crippen LogP contribution in [0.2, 0.25) is 0 Å². The zero-order chi connectivity index (χ0) is 25.6. The third kappa shape index (κ3) is 6.32. The van der Waals surface area contributed by atoms with E-state index in [0.29, 0.717) is 31.7 Å². The molecule has 1 aromatic rings. The molecule has 2 fully saturated rings. The van der Waals surface area contributed by atoms with E-state index in [1.54, 1.807) is 7.11 Å². The Balaban J connectivity index is 1.41. The molecule has 1 aliphatic heterocycles. The molecule has 0 atom stereocenters. The Bertz CT molecular complexity index is 935. The number of methoxy groups -OCH3 is 1. The van der Waals surface area contributed by atoms with E-state index in [1.807, 2.05) is 24.3 Å². The predicted molar refractivity (Wildman–Crippen MR) is 130 cm³/mol. The number of imide groups is 1. The van der Waals surface area contributed by atoms with Gasteiger partial charge in [-0.1, -0.05) is 39.3 Å². The Morgan fingerprint density at radius 1 is 1.17 bits per heavy atom. The fraction of sp³-hybridized carbons (Fsp3) is 0.615. The Labute approximate surface area is 206 Å². The maximum Gasteiger partial charge on any atom is 0.326 e. The molecule has 1 spiro atoms. The van der Waals surface area contributed by atoms with Crippen LogP contribution >= 0.6 is 0 Å². The molecule has 0 unspecified atom stereocenters. The van der Waals surface area contributed by atoms with Gasteiger partial charge in [0, 0.05) is 6.54 Å². The van der Waals surface area contributed by atoms with Gasteiger partial charge in [-0.25, -0.2) is 4.79 Å². The molecule has 3 rings (SSSR count). The highest BCUT2D eigenvalue weighted by atomic mass is 16.5. The number of benzene rings is 1. The maximum absolute atomic E-state index is 13.1. The first-order valence-corrected chi connectivity index (χ1v) is 12.3. The molecule has 4 amide bonds. The summed E-state index contributed by atoms with van der Waals surface area (Å²) in [6.07, 6.45) is 4.49. The first-order valence-electron chi connectivity index (χ1n) is 12.3. The van der Waals surface area contributed by atoms with Gasteiger partial charge in [0.05, 0.1) is 7.11 Å². The number of esters is 1. The van der Waals surface area contributed by atoms with Crippen molar-refractivity contribution in [2.24, 2.45) is 11.3 Å². The van der Waals surface area contributed by atoms with Crippen molar-refractivity contribution in [2.45, 2.75) is 64.8 Å². The Morgan fingerprint density at radius 3 is 2.43 bits per heavy atom. The number of nitrogens with zero attached hydrogens (tertiary/aromatic N) is 1. The Morgan fingerprint density at radius 2 is 1.83 bits per heavy atom. The number of rotatable bonds is 10. The van der Waals surface area contributed by atoms with Crippen LogP contribution in [-0.2, 0) is 25.5 Å². The molecule has 1 aromatic carbocycles. The van der Waals surface area contributed by atoms with Crippen molar-refractivity contribution in [1.29, 1.82) is 0 Å². The van der Waals surface area contributed by atoms with Crippen LogP contribution in [0, 0.1) is 11.3 Å². The summed E-state index contributed by atoms with van der Waals surface area (Å²) in [5.74, 6) is -0.371. The lowest BCUT2D eigenvalue weighted by atomic mass is 9.65. The third-order valence-corrected chi connectivity index (χ3v) is 7.65. The smallest absolute Gasteiger partial charge is 0.326 e. The van der Waals surface area contributed by atoms with Gasteiger partial charge < -0.3 is 20.1 Å². The average Bonchev–Trinajstić information content (AvgIpc) is 3.07. The van der Waals surface area contributed by atoms with Gasteiger partial charge in [0.1, 0.15) is 17.8 Å². The molecule has 1 aliphatic carbocycles. The Kier molecular flexibility index (Phi) is 8.40. The first kappa shape index (κ1) is 26.5. The molecule has 9 nitrogen and oxygen atoms in total. The third-order valence-electron chi connectivity index (χ3n) is 7.65. The van der Waals surface area contributed by atoms with Crippen LogP contribution in [0.1, 0.15) is 58.4 Å². The number of carbonyl (C=O) groups excluding carboxylic acids is 4. The van der Waals surface area contributed by atoms with Crippen LogP contribution in [0.5, 0.6) is 5.75 Å². The number of amides is 4. The Hall–Kier alpha value is -3.10. The zero-order valence-corrected chi connectivity index (χ0v) is 21.1. The number of nitrogens with one attached hydrogen (secondary N) is 2. The van der Waals surface area contributed by atoms with E-state index in [1.165, 1.54) is 0 Å². The highest BCUT2D eigenvalue weighted by Gasteiger charge is 2.53. The predicted octanol–water partition coefficient (Wildman–Crippen LogP) is 2.81. The van der Waals surface area contributed by atoms with Crippen molar-refractivity contribution in [1.82, 2.24) is 15.5 Å². The standard InChI is InChI=1S/C26H37N3O6/c1-5-25(2,3)19-10-13-26(14-11-19)23(32)29(24(33)28-26)16-22(31)35-17-21(30)27-15-12-18-6-8-20(34-4)9-7-18/h6-9,19H,5,10-17H2,1-4H3,(H,27,30)(H,28,33). The van der Waals surface area contributed by atoms with Gasteiger partial charge in [0.2, 0.25) is 0 Å². The minimum Gasteiger partial charge on any atom is -0.497 e. The van der Waals surface area contributed by atoms with Crippen molar-refractivity contribution in [3.8, 4) is 5.75 Å². The summed E-state index contributed by atoms with van der Waals surface area (Å²) in [5, 5.41) is 5.51. The first-order chi connectivity index (χ1) is 16.6. The van der Waals surface area contributed by atoms with Gasteiger partial charge in [-0.3, -0.25) is 19.3 Å². The van der Waals surface area contributed by atoms with E-state index in [-0.39, 0.29) is 11.3 Å². The SMILES string of the molecule is CCC(C)(C)C1CCC2(CC1)NC(=O)N(CC(=O)OCC(=O)NCCc1ccc(OC)cc1)C2=O. The lowest BCUT2D eigenvalue weighted by Gasteiger charge is -2.42. The molecule has 2 aliphatic rings. The number of hydrogen-bond donors (Lipinski definition) is 2. The van der Waals surface area contributed by atoms with Crippen LogP contribution in [0.3, 0.4) is 0 Å². The van der Waals surface area contributed by atoms with E-state index in [9.17, 15) is 19.2 Å². The van der Waals surface area contributed by atoms with E-state index < -0.39 is 36.6 Å². The van der Waals surface area contributed by atoms with Crippen molar-refractivity contribution in [3.63, 3.8) is 0 Å². The summed E-state index contributed by atoms with van der Waals surface area (Å²) >= 11 is 0. The van der Waals surface area contributed by atoms with Crippen LogP contribution in [0.4, 0.5) is 4.79 Å². The quantitative estimate of drug-likeness (QED) is 0.388. The number of urea groups is 1. The molecular weight excluding hydrogens is 450 g/mol. The second-order valence-corrected chi connectivity index (χ2v) is 10.1. The largest absolute Gasteiger partial charge is 0.497 e. The monoisotopic (exact) mass is 487 g/mol. The van der Waals surface area contributed by atoms with Crippen molar-refractivity contribution in [3.05, 3.63) is 29.8 Å². The zero-order valence-electron chi connectivity index (χ0n) is 21.1. The molecule has 0 radical (unpaired) electrons.